The maximum Gasteiger partial charge on any atom is 0.269 e. The lowest BCUT2D eigenvalue weighted by Gasteiger charge is -2.10. The van der Waals surface area contributed by atoms with Gasteiger partial charge >= 0.3 is 0 Å². The first kappa shape index (κ1) is 17.1. The van der Waals surface area contributed by atoms with Crippen molar-refractivity contribution in [1.82, 2.24) is 4.98 Å². The lowest BCUT2D eigenvalue weighted by Crippen LogP contribution is -2.22. The molecule has 2 aromatic rings. The standard InChI is InChI=1S/C14H13N3O4S2/c1-8(18)12-7-22-14(15-12)16-13(19)9(2)23-11-5-3-10(4-6-11)17(20)21/h3-7,9H,1-2H3,(H,15,16,19). The Morgan fingerprint density at radius 2 is 2.00 bits per heavy atom. The van der Waals surface area contributed by atoms with Crippen LogP contribution in [-0.4, -0.2) is 26.8 Å². The molecule has 1 aromatic heterocycles. The number of carbonyl (C=O) groups excluding carboxylic acids is 2. The summed E-state index contributed by atoms with van der Waals surface area (Å²) < 4.78 is 0. The van der Waals surface area contributed by atoms with Gasteiger partial charge in [-0.15, -0.1) is 23.1 Å². The fourth-order valence-corrected chi connectivity index (χ4v) is 3.22. The topological polar surface area (TPSA) is 102 Å². The molecule has 120 valence electrons. The Morgan fingerprint density at radius 3 is 2.52 bits per heavy atom. The molecule has 1 N–H and O–H groups in total. The second kappa shape index (κ2) is 7.34. The molecule has 23 heavy (non-hydrogen) atoms. The molecule has 1 unspecified atom stereocenters. The molecule has 0 radical (unpaired) electrons. The van der Waals surface area contributed by atoms with Crippen LogP contribution in [0.15, 0.2) is 34.5 Å². The number of nitrogens with zero attached hydrogens (tertiary/aromatic N) is 2. The smallest absolute Gasteiger partial charge is 0.269 e. The van der Waals surface area contributed by atoms with Gasteiger partial charge in [-0.05, 0) is 19.1 Å². The zero-order valence-electron chi connectivity index (χ0n) is 12.3. The number of Topliss-reactive ketones (excluding diaryl/α,β-unsaturated/α-hetero) is 1. The predicted molar refractivity (Wildman–Crippen MR) is 89.2 cm³/mol. The van der Waals surface area contributed by atoms with Crippen molar-refractivity contribution in [3.63, 3.8) is 0 Å². The number of anilines is 1. The van der Waals surface area contributed by atoms with E-state index in [1.54, 1.807) is 24.4 Å². The summed E-state index contributed by atoms with van der Waals surface area (Å²) in [6, 6.07) is 5.99. The number of non-ortho nitro benzene ring substituents is 1. The summed E-state index contributed by atoms with van der Waals surface area (Å²) in [7, 11) is 0. The number of thioether (sulfide) groups is 1. The molecule has 0 fully saturated rings. The van der Waals surface area contributed by atoms with Crippen molar-refractivity contribution in [3.05, 3.63) is 45.5 Å². The molecule has 0 aliphatic heterocycles. The molecular formula is C14H13N3O4S2. The molecule has 0 saturated heterocycles. The van der Waals surface area contributed by atoms with E-state index < -0.39 is 10.2 Å². The minimum atomic E-state index is -0.473. The average molecular weight is 351 g/mol. The molecule has 1 aromatic carbocycles. The third-order valence-electron chi connectivity index (χ3n) is 2.82. The molecule has 0 aliphatic carbocycles. The van der Waals surface area contributed by atoms with Gasteiger partial charge in [0.1, 0.15) is 5.69 Å². The quantitative estimate of drug-likeness (QED) is 0.370. The van der Waals surface area contributed by atoms with Crippen LogP contribution in [0, 0.1) is 10.1 Å². The number of nitrogens with one attached hydrogen (secondary N) is 1. The molecular weight excluding hydrogens is 338 g/mol. The van der Waals surface area contributed by atoms with Gasteiger partial charge in [0.2, 0.25) is 5.91 Å². The number of rotatable bonds is 6. The van der Waals surface area contributed by atoms with Crippen LogP contribution in [0.3, 0.4) is 0 Å². The first-order valence-electron chi connectivity index (χ1n) is 6.55. The second-order valence-electron chi connectivity index (χ2n) is 4.59. The molecule has 9 heteroatoms. The second-order valence-corrected chi connectivity index (χ2v) is 6.87. The van der Waals surface area contributed by atoms with Gasteiger partial charge < -0.3 is 5.32 Å². The van der Waals surface area contributed by atoms with Gasteiger partial charge in [0.15, 0.2) is 10.9 Å². The van der Waals surface area contributed by atoms with E-state index in [1.807, 2.05) is 0 Å². The number of carbonyl (C=O) groups is 2. The van der Waals surface area contributed by atoms with Crippen LogP contribution < -0.4 is 5.32 Å². The van der Waals surface area contributed by atoms with Crippen molar-refractivity contribution in [1.29, 1.82) is 0 Å². The van der Waals surface area contributed by atoms with E-state index in [0.717, 1.165) is 4.90 Å². The Hall–Kier alpha value is -2.26. The number of ketones is 1. The Balaban J connectivity index is 1.96. The highest BCUT2D eigenvalue weighted by atomic mass is 32.2. The van der Waals surface area contributed by atoms with Gasteiger partial charge in [-0.25, -0.2) is 4.98 Å². The van der Waals surface area contributed by atoms with E-state index in [4.69, 9.17) is 0 Å². The van der Waals surface area contributed by atoms with Gasteiger partial charge in [-0.2, -0.15) is 0 Å². The number of benzene rings is 1. The molecule has 0 bridgehead atoms. The summed E-state index contributed by atoms with van der Waals surface area (Å²) in [6.07, 6.45) is 0. The maximum absolute atomic E-state index is 12.1. The normalized spacial score (nSPS) is 11.7. The van der Waals surface area contributed by atoms with Gasteiger partial charge in [-0.3, -0.25) is 19.7 Å². The summed E-state index contributed by atoms with van der Waals surface area (Å²) in [5, 5.41) is 14.8. The Bertz CT molecular complexity index is 743. The Morgan fingerprint density at radius 1 is 1.35 bits per heavy atom. The number of hydrogen-bond acceptors (Lipinski definition) is 7. The number of nitro benzene ring substituents is 1. The number of aromatic nitrogens is 1. The van der Waals surface area contributed by atoms with Crippen molar-refractivity contribution in [2.75, 3.05) is 5.32 Å². The maximum atomic E-state index is 12.1. The van der Waals surface area contributed by atoms with Crippen LogP contribution in [0.2, 0.25) is 0 Å². The van der Waals surface area contributed by atoms with Gasteiger partial charge in [0.25, 0.3) is 5.69 Å². The Labute approximate surface area is 140 Å². The number of hydrogen-bond donors (Lipinski definition) is 1. The van der Waals surface area contributed by atoms with E-state index in [2.05, 4.69) is 10.3 Å². The van der Waals surface area contributed by atoms with E-state index in [9.17, 15) is 19.7 Å². The van der Waals surface area contributed by atoms with Crippen LogP contribution in [0.5, 0.6) is 0 Å². The fourth-order valence-electron chi connectivity index (χ4n) is 1.60. The van der Waals surface area contributed by atoms with Crippen LogP contribution in [0.25, 0.3) is 0 Å². The van der Waals surface area contributed by atoms with E-state index in [-0.39, 0.29) is 17.4 Å². The highest BCUT2D eigenvalue weighted by molar-refractivity contribution is 8.00. The minimum absolute atomic E-state index is 0.00556. The summed E-state index contributed by atoms with van der Waals surface area (Å²) in [5.41, 5.74) is 0.326. The van der Waals surface area contributed by atoms with Gasteiger partial charge in [0, 0.05) is 29.3 Å². The minimum Gasteiger partial charge on any atom is -0.301 e. The molecule has 0 aliphatic rings. The highest BCUT2D eigenvalue weighted by Crippen LogP contribution is 2.26. The molecule has 0 spiro atoms. The SMILES string of the molecule is CC(=O)c1csc(NC(=O)C(C)Sc2ccc([N+](=O)[O-])cc2)n1. The van der Waals surface area contributed by atoms with Crippen LogP contribution in [0.1, 0.15) is 24.3 Å². The monoisotopic (exact) mass is 351 g/mol. The highest BCUT2D eigenvalue weighted by Gasteiger charge is 2.17. The van der Waals surface area contributed by atoms with Crippen LogP contribution in [0.4, 0.5) is 10.8 Å². The zero-order valence-corrected chi connectivity index (χ0v) is 13.9. The summed E-state index contributed by atoms with van der Waals surface area (Å²) in [6.45, 7) is 3.13. The van der Waals surface area contributed by atoms with Crippen molar-refractivity contribution in [3.8, 4) is 0 Å². The first-order valence-corrected chi connectivity index (χ1v) is 8.31. The van der Waals surface area contributed by atoms with E-state index in [0.29, 0.717) is 10.8 Å². The third kappa shape index (κ3) is 4.60. The molecule has 2 rings (SSSR count). The summed E-state index contributed by atoms with van der Waals surface area (Å²) in [5.74, 6) is -0.409. The Kier molecular flexibility index (Phi) is 5.45. The largest absolute Gasteiger partial charge is 0.301 e. The van der Waals surface area contributed by atoms with Gasteiger partial charge in [0.05, 0.1) is 10.2 Å². The van der Waals surface area contributed by atoms with Gasteiger partial charge in [-0.1, -0.05) is 0 Å². The van der Waals surface area contributed by atoms with Crippen LogP contribution in [-0.2, 0) is 4.79 Å². The van der Waals surface area contributed by atoms with Crippen molar-refractivity contribution >= 4 is 45.6 Å². The summed E-state index contributed by atoms with van der Waals surface area (Å²) >= 11 is 2.47. The molecule has 7 nitrogen and oxygen atoms in total. The number of amides is 1. The number of nitro groups is 1. The predicted octanol–water partition coefficient (Wildman–Crippen LogP) is 3.37. The zero-order chi connectivity index (χ0) is 17.0. The van der Waals surface area contributed by atoms with Crippen molar-refractivity contribution < 1.29 is 14.5 Å². The molecule has 1 heterocycles. The molecule has 1 atom stereocenters. The molecule has 0 saturated carbocycles. The third-order valence-corrected chi connectivity index (χ3v) is 4.69. The van der Waals surface area contributed by atoms with Crippen molar-refractivity contribution in [2.45, 2.75) is 24.0 Å². The number of thiazole rings is 1. The van der Waals surface area contributed by atoms with E-state index in [1.165, 1.54) is 42.2 Å². The summed E-state index contributed by atoms with van der Waals surface area (Å²) in [4.78, 5) is 38.2. The van der Waals surface area contributed by atoms with E-state index >= 15 is 0 Å². The average Bonchev–Trinajstić information content (AvgIpc) is 2.96. The fraction of sp³-hybridized carbons (Fsp3) is 0.214. The lowest BCUT2D eigenvalue weighted by molar-refractivity contribution is -0.384. The van der Waals surface area contributed by atoms with Crippen molar-refractivity contribution in [2.24, 2.45) is 0 Å². The first-order chi connectivity index (χ1) is 10.9. The lowest BCUT2D eigenvalue weighted by atomic mass is 10.3. The molecule has 1 amide bonds. The van der Waals surface area contributed by atoms with Crippen LogP contribution >= 0.6 is 23.1 Å².